The third kappa shape index (κ3) is 5.25. The van der Waals surface area contributed by atoms with Crippen LogP contribution in [0, 0.1) is 6.92 Å². The first-order valence-corrected chi connectivity index (χ1v) is 23.2. The zero-order valence-corrected chi connectivity index (χ0v) is 37.1. The van der Waals surface area contributed by atoms with E-state index in [1.165, 1.54) is 77.7 Å². The minimum Gasteiger partial charge on any atom is -0.456 e. The lowest BCUT2D eigenvalue weighted by Gasteiger charge is -2.48. The summed E-state index contributed by atoms with van der Waals surface area (Å²) >= 11 is 1.88. The number of rotatable bonds is 4. The van der Waals surface area contributed by atoms with Gasteiger partial charge in [0, 0.05) is 71.4 Å². The van der Waals surface area contributed by atoms with Gasteiger partial charge in [0.25, 0.3) is 0 Å². The fourth-order valence-corrected chi connectivity index (χ4v) is 12.5. The lowest BCUT2D eigenvalue weighted by atomic mass is 9.43. The molecule has 4 aliphatic rings. The first kappa shape index (κ1) is 37.0. The Kier molecular flexibility index (Phi) is 7.75. The molecule has 304 valence electrons. The van der Waals surface area contributed by atoms with Gasteiger partial charge < -0.3 is 19.0 Å². The predicted molar refractivity (Wildman–Crippen MR) is 266 cm³/mol. The minimum absolute atomic E-state index is 0.0281. The SMILES string of the molecule is Cc1cc2c(cc1N1c3cc(N(c4ccccc4)c4ccccc4)cc4c3B(c3c1ccc1c3oc3ccccc31)N1c3ccccc3Sc3cccc-4c31)C(C)(C)CCC2(C)C. The third-order valence-corrected chi connectivity index (χ3v) is 15.7. The van der Waals surface area contributed by atoms with Crippen LogP contribution in [0.4, 0.5) is 45.5 Å². The van der Waals surface area contributed by atoms with Crippen molar-refractivity contribution in [3.05, 3.63) is 180 Å². The molecular weight excluding hydrogens is 786 g/mol. The lowest BCUT2D eigenvalue weighted by Crippen LogP contribution is -2.62. The molecule has 0 spiro atoms. The number of anilines is 8. The monoisotopic (exact) mass is 831 g/mol. The molecular formula is C57H46BN3OS. The Morgan fingerprint density at radius 1 is 0.540 bits per heavy atom. The number of benzene rings is 8. The van der Waals surface area contributed by atoms with Gasteiger partial charge in [-0.2, -0.15) is 0 Å². The highest BCUT2D eigenvalue weighted by Gasteiger charge is 2.50. The average molecular weight is 832 g/mol. The summed E-state index contributed by atoms with van der Waals surface area (Å²) < 4.78 is 7.16. The molecule has 8 aromatic carbocycles. The largest absolute Gasteiger partial charge is 0.456 e. The lowest BCUT2D eigenvalue weighted by molar-refractivity contribution is 0.332. The van der Waals surface area contributed by atoms with Gasteiger partial charge in [0.2, 0.25) is 0 Å². The number of nitrogens with zero attached hydrogens (tertiary/aromatic N) is 3. The van der Waals surface area contributed by atoms with Gasteiger partial charge in [-0.15, -0.1) is 0 Å². The molecule has 0 atom stereocenters. The molecule has 4 nitrogen and oxygen atoms in total. The summed E-state index contributed by atoms with van der Waals surface area (Å²) in [7, 11) is 0. The average Bonchev–Trinajstić information content (AvgIpc) is 3.69. The Labute approximate surface area is 373 Å². The van der Waals surface area contributed by atoms with Crippen molar-refractivity contribution >= 4 is 97.0 Å². The van der Waals surface area contributed by atoms with Crippen LogP contribution in [-0.2, 0) is 10.8 Å². The maximum absolute atomic E-state index is 7.16. The number of para-hydroxylation sites is 5. The van der Waals surface area contributed by atoms with Gasteiger partial charge in [-0.1, -0.05) is 124 Å². The summed E-state index contributed by atoms with van der Waals surface area (Å²) in [6.07, 6.45) is 2.32. The van der Waals surface area contributed by atoms with Gasteiger partial charge in [-0.05, 0) is 137 Å². The highest BCUT2D eigenvalue weighted by atomic mass is 32.2. The fraction of sp³-hybridized carbons (Fsp3) is 0.158. The van der Waals surface area contributed by atoms with Crippen molar-refractivity contribution in [2.45, 2.75) is 68.1 Å². The van der Waals surface area contributed by atoms with E-state index in [9.17, 15) is 0 Å². The highest BCUT2D eigenvalue weighted by Crippen LogP contribution is 2.58. The van der Waals surface area contributed by atoms with E-state index in [4.69, 9.17) is 4.42 Å². The molecule has 0 radical (unpaired) electrons. The Morgan fingerprint density at radius 3 is 1.97 bits per heavy atom. The Hall–Kier alpha value is -6.63. The summed E-state index contributed by atoms with van der Waals surface area (Å²) in [6.45, 7) is 11.9. The summed E-state index contributed by atoms with van der Waals surface area (Å²) in [5.41, 5.74) is 20.6. The molecule has 6 heteroatoms. The highest BCUT2D eigenvalue weighted by molar-refractivity contribution is 7.99. The van der Waals surface area contributed by atoms with Gasteiger partial charge in [0.1, 0.15) is 11.2 Å². The molecule has 63 heavy (non-hydrogen) atoms. The van der Waals surface area contributed by atoms with Gasteiger partial charge >= 0.3 is 6.85 Å². The number of furan rings is 1. The van der Waals surface area contributed by atoms with Gasteiger partial charge in [-0.3, -0.25) is 0 Å². The normalized spacial score (nSPS) is 16.0. The second-order valence-corrected chi connectivity index (χ2v) is 20.3. The second kappa shape index (κ2) is 13.2. The van der Waals surface area contributed by atoms with E-state index in [-0.39, 0.29) is 17.7 Å². The van der Waals surface area contributed by atoms with E-state index in [1.807, 2.05) is 11.8 Å². The van der Waals surface area contributed by atoms with E-state index >= 15 is 0 Å². The van der Waals surface area contributed by atoms with Crippen LogP contribution in [0.2, 0.25) is 0 Å². The molecule has 3 aliphatic heterocycles. The van der Waals surface area contributed by atoms with Gasteiger partial charge in [-0.25, -0.2) is 0 Å². The van der Waals surface area contributed by atoms with Crippen molar-refractivity contribution in [3.63, 3.8) is 0 Å². The zero-order valence-electron chi connectivity index (χ0n) is 36.2. The number of hydrogen-bond donors (Lipinski definition) is 0. The van der Waals surface area contributed by atoms with E-state index in [2.05, 4.69) is 213 Å². The second-order valence-electron chi connectivity index (χ2n) is 19.2. The Morgan fingerprint density at radius 2 is 1.21 bits per heavy atom. The molecule has 0 saturated carbocycles. The maximum Gasteiger partial charge on any atom is 0.337 e. The van der Waals surface area contributed by atoms with Crippen LogP contribution >= 0.6 is 11.8 Å². The van der Waals surface area contributed by atoms with Crippen molar-refractivity contribution in [2.24, 2.45) is 0 Å². The molecule has 0 saturated heterocycles. The summed E-state index contributed by atoms with van der Waals surface area (Å²) in [4.78, 5) is 10.2. The van der Waals surface area contributed by atoms with Gasteiger partial charge in [0.05, 0.1) is 5.69 Å². The molecule has 0 amide bonds. The molecule has 13 rings (SSSR count). The van der Waals surface area contributed by atoms with E-state index < -0.39 is 0 Å². The van der Waals surface area contributed by atoms with Crippen LogP contribution in [0.1, 0.15) is 57.2 Å². The van der Waals surface area contributed by atoms with E-state index in [1.54, 1.807) is 0 Å². The molecule has 0 N–H and O–H groups in total. The van der Waals surface area contributed by atoms with E-state index in [0.717, 1.165) is 51.1 Å². The zero-order chi connectivity index (χ0) is 42.4. The summed E-state index contributed by atoms with van der Waals surface area (Å²) in [6, 6.07) is 60.8. The molecule has 1 aromatic heterocycles. The van der Waals surface area contributed by atoms with Crippen molar-refractivity contribution in [1.29, 1.82) is 0 Å². The van der Waals surface area contributed by atoms with Crippen LogP contribution in [0.15, 0.2) is 178 Å². The van der Waals surface area contributed by atoms with Crippen molar-refractivity contribution < 1.29 is 4.42 Å². The number of aryl methyl sites for hydroxylation is 1. The first-order chi connectivity index (χ1) is 30.7. The van der Waals surface area contributed by atoms with Crippen LogP contribution in [-0.4, -0.2) is 6.85 Å². The number of hydrogen-bond acceptors (Lipinski definition) is 5. The predicted octanol–water partition coefficient (Wildman–Crippen LogP) is 14.9. The Bertz CT molecular complexity index is 3330. The maximum atomic E-state index is 7.16. The molecule has 4 heterocycles. The smallest absolute Gasteiger partial charge is 0.337 e. The molecule has 0 fully saturated rings. The van der Waals surface area contributed by atoms with E-state index in [0.29, 0.717) is 0 Å². The fourth-order valence-electron chi connectivity index (χ4n) is 11.4. The van der Waals surface area contributed by atoms with Crippen LogP contribution in [0.3, 0.4) is 0 Å². The minimum atomic E-state index is -0.175. The van der Waals surface area contributed by atoms with Crippen molar-refractivity contribution in [1.82, 2.24) is 0 Å². The molecule has 0 unspecified atom stereocenters. The topological polar surface area (TPSA) is 22.9 Å². The first-order valence-electron chi connectivity index (χ1n) is 22.3. The quantitative estimate of drug-likeness (QED) is 0.164. The summed E-state index contributed by atoms with van der Waals surface area (Å²) in [5, 5.41) is 2.29. The van der Waals surface area contributed by atoms with Crippen molar-refractivity contribution in [2.75, 3.05) is 14.6 Å². The van der Waals surface area contributed by atoms with Crippen LogP contribution in [0.25, 0.3) is 33.1 Å². The van der Waals surface area contributed by atoms with Crippen molar-refractivity contribution in [3.8, 4) is 11.1 Å². The van der Waals surface area contributed by atoms with Crippen LogP contribution in [0.5, 0.6) is 0 Å². The van der Waals surface area contributed by atoms with Gasteiger partial charge in [0.15, 0.2) is 0 Å². The number of fused-ring (bicyclic) bond motifs is 11. The standard InChI is InChI=1S/C57H46BN3OS/c1-35-31-43-44(57(4,5)30-29-56(43,2)3)34-47(35)60-46-28-27-41-39-21-12-14-24-49(39)62-55(41)53(46)58-52-42(40-22-16-26-51-54(40)61(58)45-23-13-15-25-50(45)63-51)32-38(33-48(52)60)59(36-17-8-6-9-18-36)37-19-10-7-11-20-37/h6-28,31-34H,29-30H2,1-5H3. The third-order valence-electron chi connectivity index (χ3n) is 14.6. The Balaban J connectivity index is 1.20. The molecule has 9 aromatic rings. The van der Waals surface area contributed by atoms with Crippen LogP contribution < -0.4 is 25.5 Å². The summed E-state index contributed by atoms with van der Waals surface area (Å²) in [5.74, 6) is 0. The molecule has 1 aliphatic carbocycles. The molecule has 0 bridgehead atoms.